The van der Waals surface area contributed by atoms with Gasteiger partial charge in [-0.3, -0.25) is 4.79 Å². The highest BCUT2D eigenvalue weighted by atomic mass is 32.2. The minimum atomic E-state index is 0.0216. The van der Waals surface area contributed by atoms with E-state index in [1.807, 2.05) is 6.07 Å². The molecule has 0 saturated carbocycles. The maximum atomic E-state index is 12.4. The summed E-state index contributed by atoms with van der Waals surface area (Å²) in [6.45, 7) is 0. The zero-order valence-corrected chi connectivity index (χ0v) is 15.1. The molecular weight excluding hydrogens is 332 g/mol. The summed E-state index contributed by atoms with van der Waals surface area (Å²) in [5.74, 6) is 1.02. The number of pyridine rings is 1. The van der Waals surface area contributed by atoms with Crippen LogP contribution < -0.4 is 4.74 Å². The zero-order chi connectivity index (χ0) is 17.6. The van der Waals surface area contributed by atoms with Gasteiger partial charge in [-0.15, -0.1) is 0 Å². The lowest BCUT2D eigenvalue weighted by atomic mass is 10.1. The third kappa shape index (κ3) is 4.21. The molecule has 0 radical (unpaired) electrons. The number of carbonyl (C=O) groups excluding carboxylic acids is 1. The summed E-state index contributed by atoms with van der Waals surface area (Å²) in [7, 11) is 1.60. The molecule has 0 bridgehead atoms. The monoisotopic (exact) mass is 352 g/mol. The van der Waals surface area contributed by atoms with Crippen LogP contribution in [0.4, 0.5) is 0 Å². The number of methoxy groups -OCH3 is 1. The number of ether oxygens (including phenoxy) is 1. The second-order valence-corrected chi connectivity index (χ2v) is 7.02. The van der Waals surface area contributed by atoms with Crippen LogP contribution in [0.5, 0.6) is 5.75 Å². The van der Waals surface area contributed by atoms with Crippen LogP contribution in [0.3, 0.4) is 0 Å². The van der Waals surface area contributed by atoms with Gasteiger partial charge >= 0.3 is 0 Å². The lowest BCUT2D eigenvalue weighted by Crippen LogP contribution is -2.05. The molecule has 0 unspecified atom stereocenters. The molecule has 0 fully saturated rings. The predicted octanol–water partition coefficient (Wildman–Crippen LogP) is 4.21. The van der Waals surface area contributed by atoms with Crippen molar-refractivity contribution in [2.45, 2.75) is 37.1 Å². The molecule has 1 aliphatic rings. The smallest absolute Gasteiger partial charge is 0.173 e. The van der Waals surface area contributed by atoms with E-state index in [0.29, 0.717) is 16.2 Å². The highest BCUT2D eigenvalue weighted by Crippen LogP contribution is 2.27. The van der Waals surface area contributed by atoms with E-state index in [9.17, 15) is 10.1 Å². The van der Waals surface area contributed by atoms with Crippen LogP contribution in [0.15, 0.2) is 35.4 Å². The molecular formula is C20H20N2O2S. The van der Waals surface area contributed by atoms with Crippen molar-refractivity contribution in [2.75, 3.05) is 12.9 Å². The van der Waals surface area contributed by atoms with E-state index in [1.165, 1.54) is 23.7 Å². The van der Waals surface area contributed by atoms with Crippen molar-refractivity contribution in [2.24, 2.45) is 0 Å². The zero-order valence-electron chi connectivity index (χ0n) is 14.2. The quantitative estimate of drug-likeness (QED) is 0.458. The molecule has 5 heteroatoms. The maximum Gasteiger partial charge on any atom is 0.173 e. The molecule has 1 aliphatic carbocycles. The molecule has 1 aromatic carbocycles. The maximum absolute atomic E-state index is 12.4. The Morgan fingerprint density at radius 1 is 1.24 bits per heavy atom. The number of ketones is 1. The van der Waals surface area contributed by atoms with E-state index < -0.39 is 0 Å². The van der Waals surface area contributed by atoms with Gasteiger partial charge < -0.3 is 4.74 Å². The number of Topliss-reactive ketones (excluding diaryl/α,β-unsaturated/α-hetero) is 1. The number of aromatic nitrogens is 1. The highest BCUT2D eigenvalue weighted by Gasteiger charge is 2.16. The topological polar surface area (TPSA) is 63.0 Å². The molecule has 0 spiro atoms. The standard InChI is InChI=1S/C20H20N2O2S/c1-24-17-9-7-14(8-10-17)19(23)13-25-20-16(12-21)11-15-5-3-2-4-6-18(15)22-20/h7-11H,2-6,13H2,1H3. The fourth-order valence-electron chi connectivity index (χ4n) is 2.98. The van der Waals surface area contributed by atoms with Crippen LogP contribution in [0, 0.1) is 11.3 Å². The van der Waals surface area contributed by atoms with E-state index in [1.54, 1.807) is 31.4 Å². The van der Waals surface area contributed by atoms with Crippen LogP contribution in [0.2, 0.25) is 0 Å². The molecule has 0 N–H and O–H groups in total. The lowest BCUT2D eigenvalue weighted by Gasteiger charge is -2.10. The Morgan fingerprint density at radius 3 is 2.72 bits per heavy atom. The SMILES string of the molecule is COc1ccc(C(=O)CSc2nc3c(cc2C#N)CCCCC3)cc1. The summed E-state index contributed by atoms with van der Waals surface area (Å²) in [5.41, 5.74) is 3.51. The second-order valence-electron chi connectivity index (χ2n) is 6.06. The predicted molar refractivity (Wildman–Crippen MR) is 98.3 cm³/mol. The molecule has 0 saturated heterocycles. The van der Waals surface area contributed by atoms with Crippen LogP contribution >= 0.6 is 11.8 Å². The molecule has 0 aliphatic heterocycles. The Labute approximate surface area is 152 Å². The van der Waals surface area contributed by atoms with E-state index in [0.717, 1.165) is 37.1 Å². The molecule has 25 heavy (non-hydrogen) atoms. The second kappa shape index (κ2) is 8.17. The lowest BCUT2D eigenvalue weighted by molar-refractivity contribution is 0.102. The average Bonchev–Trinajstić information content (AvgIpc) is 2.90. The molecule has 4 nitrogen and oxygen atoms in total. The largest absolute Gasteiger partial charge is 0.497 e. The van der Waals surface area contributed by atoms with Crippen LogP contribution in [-0.4, -0.2) is 23.6 Å². The summed E-state index contributed by atoms with van der Waals surface area (Å²) in [6, 6.07) is 11.3. The van der Waals surface area contributed by atoms with Gasteiger partial charge in [-0.2, -0.15) is 5.26 Å². The Kier molecular flexibility index (Phi) is 5.72. The number of aryl methyl sites for hydroxylation is 2. The Balaban J connectivity index is 1.74. The summed E-state index contributed by atoms with van der Waals surface area (Å²) < 4.78 is 5.11. The van der Waals surface area contributed by atoms with Crippen molar-refractivity contribution in [3.63, 3.8) is 0 Å². The molecule has 0 amide bonds. The number of nitriles is 1. The van der Waals surface area contributed by atoms with Gasteiger partial charge in [-0.1, -0.05) is 18.2 Å². The van der Waals surface area contributed by atoms with Gasteiger partial charge in [0.25, 0.3) is 0 Å². The van der Waals surface area contributed by atoms with Gasteiger partial charge in [0.2, 0.25) is 0 Å². The van der Waals surface area contributed by atoms with Crippen molar-refractivity contribution in [3.05, 3.63) is 52.7 Å². The summed E-state index contributed by atoms with van der Waals surface area (Å²) in [4.78, 5) is 17.1. The first kappa shape index (κ1) is 17.5. The summed E-state index contributed by atoms with van der Waals surface area (Å²) in [5, 5.41) is 10.1. The van der Waals surface area contributed by atoms with Gasteiger partial charge in [0, 0.05) is 11.3 Å². The van der Waals surface area contributed by atoms with Crippen molar-refractivity contribution >= 4 is 17.5 Å². The number of fused-ring (bicyclic) bond motifs is 1. The fraction of sp³-hybridized carbons (Fsp3) is 0.350. The van der Waals surface area contributed by atoms with E-state index in [4.69, 9.17) is 9.72 Å². The first-order valence-electron chi connectivity index (χ1n) is 8.44. The number of benzene rings is 1. The van der Waals surface area contributed by atoms with Gasteiger partial charge in [0.15, 0.2) is 5.78 Å². The van der Waals surface area contributed by atoms with Gasteiger partial charge in [-0.25, -0.2) is 4.98 Å². The molecule has 128 valence electrons. The van der Waals surface area contributed by atoms with E-state index in [-0.39, 0.29) is 11.5 Å². The average molecular weight is 352 g/mol. The van der Waals surface area contributed by atoms with Crippen LogP contribution in [0.1, 0.15) is 46.4 Å². The van der Waals surface area contributed by atoms with Gasteiger partial charge in [0.05, 0.1) is 18.4 Å². The van der Waals surface area contributed by atoms with Crippen LogP contribution in [-0.2, 0) is 12.8 Å². The van der Waals surface area contributed by atoms with E-state index >= 15 is 0 Å². The molecule has 0 atom stereocenters. The van der Waals surface area contributed by atoms with Gasteiger partial charge in [-0.05, 0) is 61.6 Å². The highest BCUT2D eigenvalue weighted by molar-refractivity contribution is 8.00. The molecule has 1 heterocycles. The van der Waals surface area contributed by atoms with Crippen molar-refractivity contribution < 1.29 is 9.53 Å². The first-order chi connectivity index (χ1) is 12.2. The number of rotatable bonds is 5. The van der Waals surface area contributed by atoms with Crippen molar-refractivity contribution in [3.8, 4) is 11.8 Å². The number of carbonyl (C=O) groups is 1. The normalized spacial score (nSPS) is 13.4. The van der Waals surface area contributed by atoms with Gasteiger partial charge in [0.1, 0.15) is 16.8 Å². The van der Waals surface area contributed by atoms with Crippen molar-refractivity contribution in [1.29, 1.82) is 5.26 Å². The Bertz CT molecular complexity index is 810. The minimum Gasteiger partial charge on any atom is -0.497 e. The summed E-state index contributed by atoms with van der Waals surface area (Å²) in [6.07, 6.45) is 5.45. The number of nitrogens with zero attached hydrogens (tertiary/aromatic N) is 2. The molecule has 3 rings (SSSR count). The third-order valence-corrected chi connectivity index (χ3v) is 5.38. The summed E-state index contributed by atoms with van der Waals surface area (Å²) >= 11 is 1.35. The van der Waals surface area contributed by atoms with E-state index in [2.05, 4.69) is 6.07 Å². The number of thioether (sulfide) groups is 1. The van der Waals surface area contributed by atoms with Crippen LogP contribution in [0.25, 0.3) is 0 Å². The minimum absolute atomic E-state index is 0.0216. The molecule has 2 aromatic rings. The number of hydrogen-bond donors (Lipinski definition) is 0. The fourth-order valence-corrected chi connectivity index (χ4v) is 3.85. The Hall–Kier alpha value is -2.32. The molecule has 1 aromatic heterocycles. The number of hydrogen-bond acceptors (Lipinski definition) is 5. The third-order valence-electron chi connectivity index (χ3n) is 4.39. The van der Waals surface area contributed by atoms with Crippen molar-refractivity contribution in [1.82, 2.24) is 4.98 Å². The first-order valence-corrected chi connectivity index (χ1v) is 9.43. The Morgan fingerprint density at radius 2 is 2.00 bits per heavy atom.